The molecule has 0 spiro atoms. The summed E-state index contributed by atoms with van der Waals surface area (Å²) in [5.41, 5.74) is 0.748. The molecule has 3 unspecified atom stereocenters. The summed E-state index contributed by atoms with van der Waals surface area (Å²) in [4.78, 5) is 14.9. The number of nitrogens with one attached hydrogen (secondary N) is 1. The van der Waals surface area contributed by atoms with Gasteiger partial charge in [0, 0.05) is 24.0 Å². The number of hydrogen-bond donors (Lipinski definition) is 1. The van der Waals surface area contributed by atoms with Crippen molar-refractivity contribution < 1.29 is 9.21 Å². The maximum atomic E-state index is 12.8. The maximum absolute atomic E-state index is 12.8. The van der Waals surface area contributed by atoms with Crippen LogP contribution in [-0.2, 0) is 0 Å². The molecule has 21 heavy (non-hydrogen) atoms. The van der Waals surface area contributed by atoms with Crippen molar-refractivity contribution in [1.29, 1.82) is 0 Å². The molecular weight excluding hydrogens is 332 g/mol. The Kier molecular flexibility index (Phi) is 3.08. The molecule has 1 aliphatic heterocycles. The van der Waals surface area contributed by atoms with Crippen molar-refractivity contribution in [3.05, 3.63) is 34.5 Å². The third-order valence-electron chi connectivity index (χ3n) is 4.59. The molecule has 1 amide bonds. The second kappa shape index (κ2) is 4.85. The van der Waals surface area contributed by atoms with Crippen molar-refractivity contribution in [2.75, 3.05) is 13.6 Å². The second-order valence-electron chi connectivity index (χ2n) is 5.99. The van der Waals surface area contributed by atoms with E-state index in [2.05, 4.69) is 21.2 Å². The van der Waals surface area contributed by atoms with Crippen molar-refractivity contribution in [2.45, 2.75) is 24.9 Å². The number of rotatable bonds is 3. The average molecular weight is 349 g/mol. The molecule has 4 nitrogen and oxygen atoms in total. The van der Waals surface area contributed by atoms with Gasteiger partial charge in [-0.05, 0) is 53.9 Å². The summed E-state index contributed by atoms with van der Waals surface area (Å²) in [6.45, 7) is 0.850. The predicted molar refractivity (Wildman–Crippen MR) is 84.3 cm³/mol. The molecule has 2 heterocycles. The first-order chi connectivity index (χ1) is 10.2. The van der Waals surface area contributed by atoms with E-state index in [9.17, 15) is 4.79 Å². The topological polar surface area (TPSA) is 45.5 Å². The van der Waals surface area contributed by atoms with Gasteiger partial charge in [0.05, 0.1) is 4.47 Å². The lowest BCUT2D eigenvalue weighted by Crippen LogP contribution is -2.43. The zero-order valence-electron chi connectivity index (χ0n) is 11.8. The van der Waals surface area contributed by atoms with E-state index in [1.54, 1.807) is 0 Å². The van der Waals surface area contributed by atoms with Crippen LogP contribution >= 0.6 is 15.9 Å². The minimum atomic E-state index is 0.0309. The first-order valence-corrected chi connectivity index (χ1v) is 8.13. The molecule has 1 aromatic carbocycles. The molecule has 1 aliphatic carbocycles. The van der Waals surface area contributed by atoms with Gasteiger partial charge in [0.25, 0.3) is 5.91 Å². The van der Waals surface area contributed by atoms with Gasteiger partial charge in [0.2, 0.25) is 0 Å². The van der Waals surface area contributed by atoms with Crippen LogP contribution in [0.25, 0.3) is 11.0 Å². The van der Waals surface area contributed by atoms with Crippen LogP contribution in [0.5, 0.6) is 0 Å². The quantitative estimate of drug-likeness (QED) is 0.927. The Morgan fingerprint density at radius 2 is 2.33 bits per heavy atom. The number of likely N-dealkylation sites (N-methyl/N-ethyl adjacent to an activating group) is 1. The van der Waals surface area contributed by atoms with E-state index < -0.39 is 0 Å². The van der Waals surface area contributed by atoms with Crippen LogP contribution < -0.4 is 5.32 Å². The van der Waals surface area contributed by atoms with E-state index in [1.165, 1.54) is 0 Å². The number of nitrogens with zero attached hydrogens (tertiary/aromatic N) is 1. The van der Waals surface area contributed by atoms with Gasteiger partial charge in [0.15, 0.2) is 5.76 Å². The van der Waals surface area contributed by atoms with Crippen LogP contribution in [0.1, 0.15) is 23.4 Å². The minimum absolute atomic E-state index is 0.0309. The summed E-state index contributed by atoms with van der Waals surface area (Å²) in [6, 6.07) is 8.42. The third-order valence-corrected chi connectivity index (χ3v) is 5.22. The molecule has 110 valence electrons. The van der Waals surface area contributed by atoms with Crippen molar-refractivity contribution in [3.8, 4) is 0 Å². The molecule has 1 saturated carbocycles. The molecule has 4 rings (SSSR count). The molecule has 1 saturated heterocycles. The number of furan rings is 1. The summed E-state index contributed by atoms with van der Waals surface area (Å²) >= 11 is 3.47. The van der Waals surface area contributed by atoms with Gasteiger partial charge in [-0.15, -0.1) is 0 Å². The molecule has 2 aromatic rings. The minimum Gasteiger partial charge on any atom is -0.450 e. The number of hydrogen-bond acceptors (Lipinski definition) is 3. The summed E-state index contributed by atoms with van der Waals surface area (Å²) in [6.07, 6.45) is 2.26. The molecule has 2 fully saturated rings. The number of carbonyl (C=O) groups is 1. The lowest BCUT2D eigenvalue weighted by molar-refractivity contribution is 0.0670. The van der Waals surface area contributed by atoms with Crippen LogP contribution in [0.3, 0.4) is 0 Å². The van der Waals surface area contributed by atoms with Crippen LogP contribution in [0.15, 0.2) is 33.2 Å². The van der Waals surface area contributed by atoms with Crippen LogP contribution in [0.2, 0.25) is 0 Å². The second-order valence-corrected chi connectivity index (χ2v) is 6.85. The Bertz CT molecular complexity index is 711. The number of halogens is 1. The highest BCUT2D eigenvalue weighted by Gasteiger charge is 2.54. The van der Waals surface area contributed by atoms with E-state index in [4.69, 9.17) is 4.42 Å². The first-order valence-electron chi connectivity index (χ1n) is 7.34. The normalized spacial score (nSPS) is 27.1. The SMILES string of the molecule is CNCC1CC2CC2N1C(=O)c1cc2cccc(Br)c2o1. The fourth-order valence-corrected chi connectivity index (χ4v) is 4.02. The number of likely N-dealkylation sites (tertiary alicyclic amines) is 1. The highest BCUT2D eigenvalue weighted by molar-refractivity contribution is 9.10. The molecule has 3 atom stereocenters. The van der Waals surface area contributed by atoms with Gasteiger partial charge in [-0.1, -0.05) is 12.1 Å². The van der Waals surface area contributed by atoms with E-state index in [0.29, 0.717) is 23.8 Å². The summed E-state index contributed by atoms with van der Waals surface area (Å²) in [5.74, 6) is 1.18. The van der Waals surface area contributed by atoms with Gasteiger partial charge >= 0.3 is 0 Å². The zero-order chi connectivity index (χ0) is 14.6. The number of piperidine rings is 1. The number of para-hydroxylation sites is 1. The number of fused-ring (bicyclic) bond motifs is 2. The van der Waals surface area contributed by atoms with Crippen molar-refractivity contribution in [1.82, 2.24) is 10.2 Å². The fraction of sp³-hybridized carbons (Fsp3) is 0.438. The van der Waals surface area contributed by atoms with E-state index >= 15 is 0 Å². The van der Waals surface area contributed by atoms with Gasteiger partial charge < -0.3 is 14.6 Å². The van der Waals surface area contributed by atoms with Gasteiger partial charge in [-0.25, -0.2) is 0 Å². The number of carbonyl (C=O) groups excluding carboxylic acids is 1. The van der Waals surface area contributed by atoms with Gasteiger partial charge in [-0.3, -0.25) is 4.79 Å². The van der Waals surface area contributed by atoms with E-state index in [1.807, 2.05) is 36.2 Å². The molecule has 1 aromatic heterocycles. The summed E-state index contributed by atoms with van der Waals surface area (Å²) in [5, 5.41) is 4.15. The Morgan fingerprint density at radius 1 is 1.48 bits per heavy atom. The lowest BCUT2D eigenvalue weighted by atomic mass is 10.1. The molecule has 0 radical (unpaired) electrons. The number of amides is 1. The Morgan fingerprint density at radius 3 is 3.10 bits per heavy atom. The zero-order valence-corrected chi connectivity index (χ0v) is 13.4. The molecular formula is C16H17BrN2O2. The molecule has 5 heteroatoms. The smallest absolute Gasteiger partial charge is 0.290 e. The number of benzene rings is 1. The van der Waals surface area contributed by atoms with E-state index in [-0.39, 0.29) is 5.91 Å². The summed E-state index contributed by atoms with van der Waals surface area (Å²) in [7, 11) is 1.94. The largest absolute Gasteiger partial charge is 0.450 e. The van der Waals surface area contributed by atoms with Gasteiger partial charge in [0.1, 0.15) is 5.58 Å². The van der Waals surface area contributed by atoms with E-state index in [0.717, 1.165) is 34.8 Å². The van der Waals surface area contributed by atoms with Crippen LogP contribution in [-0.4, -0.2) is 36.5 Å². The lowest BCUT2D eigenvalue weighted by Gasteiger charge is -2.26. The fourth-order valence-electron chi connectivity index (χ4n) is 3.55. The van der Waals surface area contributed by atoms with Gasteiger partial charge in [-0.2, -0.15) is 0 Å². The van der Waals surface area contributed by atoms with Crippen molar-refractivity contribution in [3.63, 3.8) is 0 Å². The maximum Gasteiger partial charge on any atom is 0.290 e. The first kappa shape index (κ1) is 13.3. The standard InChI is InChI=1S/C16H17BrN2O2/c1-18-8-11-5-10-6-13(10)19(11)16(20)14-7-9-3-2-4-12(17)15(9)21-14/h2-4,7,10-11,13,18H,5-6,8H2,1H3. The highest BCUT2D eigenvalue weighted by atomic mass is 79.9. The Balaban J connectivity index is 1.67. The third kappa shape index (κ3) is 2.10. The Labute approximate surface area is 131 Å². The van der Waals surface area contributed by atoms with Crippen LogP contribution in [0, 0.1) is 5.92 Å². The van der Waals surface area contributed by atoms with Crippen LogP contribution in [0.4, 0.5) is 0 Å². The highest BCUT2D eigenvalue weighted by Crippen LogP contribution is 2.48. The average Bonchev–Trinajstić information content (AvgIpc) is 2.95. The Hall–Kier alpha value is -1.33. The van der Waals surface area contributed by atoms with Crippen molar-refractivity contribution in [2.24, 2.45) is 5.92 Å². The van der Waals surface area contributed by atoms with Crippen molar-refractivity contribution >= 4 is 32.8 Å². The molecule has 0 bridgehead atoms. The molecule has 2 aliphatic rings. The predicted octanol–water partition coefficient (Wildman–Crippen LogP) is 3.02. The molecule has 1 N–H and O–H groups in total. The summed E-state index contributed by atoms with van der Waals surface area (Å²) < 4.78 is 6.69. The monoisotopic (exact) mass is 348 g/mol.